The number of carbonyl (C=O) groups is 11. The Kier molecular flexibility index (Phi) is 28.4. The lowest BCUT2D eigenvalue weighted by Gasteiger charge is -2.44. The first-order chi connectivity index (χ1) is 39.6. The average molecular weight is 1220 g/mol. The third-order valence-corrected chi connectivity index (χ3v) is 16.7. The van der Waals surface area contributed by atoms with Gasteiger partial charge in [-0.25, -0.2) is 0 Å². The van der Waals surface area contributed by atoms with E-state index in [0.717, 1.165) is 19.6 Å². The van der Waals surface area contributed by atoms with Crippen molar-refractivity contribution in [1.29, 1.82) is 0 Å². The molecule has 0 aromatic carbocycles. The Morgan fingerprint density at radius 2 is 1.05 bits per heavy atom. The number of likely N-dealkylation sites (N-methyl/N-ethyl adjacent to an activating group) is 7. The maximum absolute atomic E-state index is 15.7. The molecule has 2 bridgehead atoms. The summed E-state index contributed by atoms with van der Waals surface area (Å²) in [6, 6.07) is -10.3. The van der Waals surface area contributed by atoms with E-state index >= 15 is 19.2 Å². The van der Waals surface area contributed by atoms with E-state index in [1.807, 2.05) is 41.5 Å². The molecule has 0 radical (unpaired) electrons. The number of aliphatic hydroxyl groups excluding tert-OH is 1. The minimum absolute atomic E-state index is 0.00972. The molecule has 0 aromatic heterocycles. The van der Waals surface area contributed by atoms with Gasteiger partial charge in [0.25, 0.3) is 11.8 Å². The van der Waals surface area contributed by atoms with Gasteiger partial charge >= 0.3 is 0 Å². The molecule has 2 heterocycles. The minimum atomic E-state index is -2.24. The maximum atomic E-state index is 15.7. The molecule has 2 fully saturated rings. The van der Waals surface area contributed by atoms with Crippen LogP contribution in [0.4, 0.5) is 0 Å². The lowest BCUT2D eigenvalue weighted by molar-refractivity contribution is -0.223. The Balaban J connectivity index is 3.07. The summed E-state index contributed by atoms with van der Waals surface area (Å²) in [7, 11) is 9.61. The summed E-state index contributed by atoms with van der Waals surface area (Å²) in [6.45, 7) is 28.8. The smallest absolute Gasteiger partial charge is 0.278 e. The molecule has 12 atom stereocenters. The van der Waals surface area contributed by atoms with Gasteiger partial charge in [-0.15, -0.1) is 0 Å². The molecular weight excluding hydrogens is 1110 g/mol. The van der Waals surface area contributed by atoms with Crippen molar-refractivity contribution >= 4 is 65.0 Å². The van der Waals surface area contributed by atoms with Crippen LogP contribution in [0.1, 0.15) is 156 Å². The molecule has 0 unspecified atom stereocenters. The van der Waals surface area contributed by atoms with Crippen LogP contribution in [0.3, 0.4) is 0 Å². The maximum Gasteiger partial charge on any atom is 0.278 e. The largest absolute Gasteiger partial charge is 0.390 e. The van der Waals surface area contributed by atoms with Gasteiger partial charge in [-0.3, -0.25) is 52.7 Å². The van der Waals surface area contributed by atoms with Crippen molar-refractivity contribution in [3.05, 3.63) is 12.2 Å². The van der Waals surface area contributed by atoms with Gasteiger partial charge in [0, 0.05) is 61.7 Å². The highest BCUT2D eigenvalue weighted by Crippen LogP contribution is 2.46. The van der Waals surface area contributed by atoms with Crippen LogP contribution in [0, 0.1) is 41.4 Å². The van der Waals surface area contributed by atoms with E-state index in [0.29, 0.717) is 0 Å². The van der Waals surface area contributed by atoms with E-state index < -0.39 is 155 Å². The number of hydrogen-bond acceptors (Lipinski definition) is 13. The summed E-state index contributed by atoms with van der Waals surface area (Å²) < 4.78 is 6.98. The van der Waals surface area contributed by atoms with E-state index in [2.05, 4.69) is 21.3 Å². The number of nitrogens with zero attached hydrogens (tertiary/aromatic N) is 7. The van der Waals surface area contributed by atoms with Crippen LogP contribution in [0.2, 0.25) is 0 Å². The first kappa shape index (κ1) is 75.9. The number of amides is 11. The molecule has 24 heteroatoms. The fourth-order valence-electron chi connectivity index (χ4n) is 11.3. The number of allylic oxidation sites excluding steroid dienone is 2. The second-order valence-corrected chi connectivity index (χ2v) is 26.4. The summed E-state index contributed by atoms with van der Waals surface area (Å²) in [4.78, 5) is 170. The molecule has 24 nitrogen and oxygen atoms in total. The van der Waals surface area contributed by atoms with Crippen molar-refractivity contribution in [2.24, 2.45) is 41.4 Å². The van der Waals surface area contributed by atoms with Gasteiger partial charge in [0.1, 0.15) is 48.3 Å². The molecule has 5 N–H and O–H groups in total. The molecule has 0 saturated carbocycles. The van der Waals surface area contributed by atoms with Gasteiger partial charge < -0.3 is 65.4 Å². The first-order valence-electron chi connectivity index (χ1n) is 30.7. The van der Waals surface area contributed by atoms with Gasteiger partial charge in [-0.05, 0) is 88.4 Å². The second kappa shape index (κ2) is 32.2. The molecular formula is C62H109N11O13. The fourth-order valence-corrected chi connectivity index (χ4v) is 11.3. The minimum Gasteiger partial charge on any atom is -0.390 e. The number of carbonyl (C=O) groups excluding carboxylic acids is 11. The Bertz CT molecular complexity index is 2450. The summed E-state index contributed by atoms with van der Waals surface area (Å²) >= 11 is 0. The zero-order valence-electron chi connectivity index (χ0n) is 56.3. The average Bonchev–Trinajstić information content (AvgIpc) is 1.77. The second-order valence-electron chi connectivity index (χ2n) is 26.4. The van der Waals surface area contributed by atoms with Crippen molar-refractivity contribution < 1.29 is 62.6 Å². The number of nitrogens with one attached hydrogen (secondary N) is 4. The third-order valence-electron chi connectivity index (χ3n) is 16.7. The molecule has 2 saturated heterocycles. The van der Waals surface area contributed by atoms with E-state index in [4.69, 9.17) is 4.74 Å². The Labute approximate surface area is 513 Å². The van der Waals surface area contributed by atoms with E-state index in [1.165, 1.54) is 77.9 Å². The summed E-state index contributed by atoms with van der Waals surface area (Å²) in [5.74, 6) is -11.1. The fraction of sp³-hybridized carbons (Fsp3) is 0.790. The Morgan fingerprint density at radius 1 is 0.558 bits per heavy atom. The van der Waals surface area contributed by atoms with Gasteiger partial charge in [0.2, 0.25) is 64.6 Å². The van der Waals surface area contributed by atoms with Crippen LogP contribution >= 0.6 is 0 Å². The summed E-state index contributed by atoms with van der Waals surface area (Å²) in [6.07, 6.45) is 2.46. The molecule has 0 aromatic rings. The number of ether oxygens (including phenoxy) is 1. The Morgan fingerprint density at radius 3 is 1.52 bits per heavy atom. The van der Waals surface area contributed by atoms with Crippen molar-refractivity contribution in [1.82, 2.24) is 55.6 Å². The monoisotopic (exact) mass is 1220 g/mol. The SMILES string of the molecule is C/C=C/C[C@@H](C)[C@@H](O)[C@H]1C(=O)N[C@@H](CC)C(=O)N(C)CC(=O)N(C)[C@@H](CC(C)C)C(=O)N[C@@H](C(C)C)C(=O)N(C)[C@@H](CC(C)C)C(=O)N[C@@H](C)C(=O)N[C@H](C)C(=O)N(C)[C@@H](CC(C)C)C(=O)N(C)[C@@]2(CC(C)C)O[C@@](C(C)C)(C(=O)N1C)N(C)C2=O. The van der Waals surface area contributed by atoms with Crippen LogP contribution in [0.15, 0.2) is 12.2 Å². The third kappa shape index (κ3) is 17.8. The zero-order chi connectivity index (χ0) is 66.5. The topological polar surface area (TPSA) is 288 Å². The van der Waals surface area contributed by atoms with Crippen LogP contribution in [0.5, 0.6) is 0 Å². The highest BCUT2D eigenvalue weighted by atomic mass is 16.6. The van der Waals surface area contributed by atoms with Crippen molar-refractivity contribution in [3.8, 4) is 0 Å². The first-order valence-corrected chi connectivity index (χ1v) is 30.7. The van der Waals surface area contributed by atoms with Crippen LogP contribution < -0.4 is 21.3 Å². The van der Waals surface area contributed by atoms with Gasteiger partial charge in [-0.2, -0.15) is 0 Å². The van der Waals surface area contributed by atoms with Crippen molar-refractivity contribution in [2.75, 3.05) is 55.9 Å². The van der Waals surface area contributed by atoms with E-state index in [-0.39, 0.29) is 62.2 Å². The number of aliphatic hydroxyl groups is 1. The normalized spacial score (nSPS) is 28.8. The highest BCUT2D eigenvalue weighted by molar-refractivity contribution is 6.02. The van der Waals surface area contributed by atoms with Crippen molar-refractivity contribution in [3.63, 3.8) is 0 Å². The zero-order valence-corrected chi connectivity index (χ0v) is 56.3. The molecule has 86 heavy (non-hydrogen) atoms. The molecule has 0 aliphatic carbocycles. The van der Waals surface area contributed by atoms with Crippen LogP contribution in [-0.2, 0) is 57.5 Å². The molecule has 490 valence electrons. The molecule has 2 aliphatic heterocycles. The lowest BCUT2D eigenvalue weighted by Crippen LogP contribution is -2.66. The number of hydrogen-bond donors (Lipinski definition) is 5. The van der Waals surface area contributed by atoms with Gasteiger partial charge in [-0.1, -0.05) is 109 Å². The molecule has 11 amide bonds. The predicted octanol–water partition coefficient (Wildman–Crippen LogP) is 2.95. The van der Waals surface area contributed by atoms with Crippen LogP contribution in [-0.4, -0.2) is 226 Å². The Hall–Kier alpha value is -6.17. The number of fused-ring (bicyclic) bond motifs is 2. The molecule has 0 spiro atoms. The van der Waals surface area contributed by atoms with Crippen LogP contribution in [0.25, 0.3) is 0 Å². The molecule has 2 aliphatic rings. The van der Waals surface area contributed by atoms with Gasteiger partial charge in [0.15, 0.2) is 0 Å². The van der Waals surface area contributed by atoms with Gasteiger partial charge in [0.05, 0.1) is 12.6 Å². The van der Waals surface area contributed by atoms with E-state index in [9.17, 15) is 38.7 Å². The quantitative estimate of drug-likeness (QED) is 0.148. The highest BCUT2D eigenvalue weighted by Gasteiger charge is 2.68. The lowest BCUT2D eigenvalue weighted by atomic mass is 9.90. The number of rotatable bonds is 15. The van der Waals surface area contributed by atoms with Crippen molar-refractivity contribution in [2.45, 2.75) is 222 Å². The summed E-state index contributed by atoms with van der Waals surface area (Å²) in [5, 5.41) is 23.2. The predicted molar refractivity (Wildman–Crippen MR) is 327 cm³/mol. The summed E-state index contributed by atoms with van der Waals surface area (Å²) in [5.41, 5.74) is -4.44. The molecule has 2 rings (SSSR count). The standard InChI is InChI=1S/C62H109N11O13/c1-25-27-28-40(15)50(75)49-54(79)65-43(26-2)56(81)67(18)33-47(74)68(19)44(29-34(3)4)53(78)66-48(38(11)12)58(83)69(20)45(30-35(5)6)52(77)63-41(16)51(76)64-42(17)55(80)70(21)46(31-36(7)8)57(82)72(23)61(32-37(9)10)59(84)73(24)62(86-61,39(13)14)60(85)71(49)22/h25,27,34-46,48-50,75H,26,28-33H2,1-24H3,(H,63,77)(H,64,76)(H,65,79)(H,66,78)/b27-25+/t40-,41+,42-,43+,44+,45+,46+,48+,49+,50-,61+,62+/m1/s1. The van der Waals surface area contributed by atoms with E-state index in [1.54, 1.807) is 74.5 Å².